The third-order valence-electron chi connectivity index (χ3n) is 4.81. The number of rotatable bonds is 9. The first-order valence-electron chi connectivity index (χ1n) is 10.2. The van der Waals surface area contributed by atoms with Crippen molar-refractivity contribution in [2.45, 2.75) is 72.4 Å². The number of hydrogen-bond acceptors (Lipinski definition) is 4. The zero-order valence-electron chi connectivity index (χ0n) is 16.7. The van der Waals surface area contributed by atoms with Crippen molar-refractivity contribution in [3.05, 3.63) is 11.6 Å². The maximum Gasteiger partial charge on any atom is 0.191 e. The van der Waals surface area contributed by atoms with E-state index < -0.39 is 0 Å². The van der Waals surface area contributed by atoms with Crippen molar-refractivity contribution in [1.82, 2.24) is 25.4 Å². The van der Waals surface area contributed by atoms with Gasteiger partial charge < -0.3 is 20.3 Å². The summed E-state index contributed by atoms with van der Waals surface area (Å²) in [6, 6.07) is 0. The summed E-state index contributed by atoms with van der Waals surface area (Å²) in [6.45, 7) is 9.93. The van der Waals surface area contributed by atoms with Gasteiger partial charge in [-0.3, -0.25) is 0 Å². The average Bonchev–Trinajstić information content (AvgIpc) is 2.83. The molecule has 3 N–H and O–H groups in total. The van der Waals surface area contributed by atoms with Crippen LogP contribution in [0.1, 0.15) is 64.5 Å². The molecule has 7 heteroatoms. The molecule has 1 aromatic rings. The van der Waals surface area contributed by atoms with Crippen molar-refractivity contribution >= 4 is 5.96 Å². The van der Waals surface area contributed by atoms with Crippen molar-refractivity contribution in [3.63, 3.8) is 0 Å². The molecule has 7 nitrogen and oxygen atoms in total. The summed E-state index contributed by atoms with van der Waals surface area (Å²) < 4.78 is 2.24. The molecule has 0 aliphatic carbocycles. The van der Waals surface area contributed by atoms with E-state index in [-0.39, 0.29) is 6.61 Å². The highest BCUT2D eigenvalue weighted by Crippen LogP contribution is 2.15. The number of guanidine groups is 1. The Morgan fingerprint density at radius 1 is 1.23 bits per heavy atom. The molecule has 1 aromatic heterocycles. The molecular formula is C19H36N6O. The summed E-state index contributed by atoms with van der Waals surface area (Å²) in [5, 5.41) is 24.7. The van der Waals surface area contributed by atoms with Crippen LogP contribution in [-0.2, 0) is 19.5 Å². The second kappa shape index (κ2) is 11.2. The Labute approximate surface area is 157 Å². The molecule has 148 valence electrons. The maximum absolute atomic E-state index is 9.29. The molecule has 1 aliphatic heterocycles. The highest BCUT2D eigenvalue weighted by molar-refractivity contribution is 5.79. The molecule has 1 aliphatic rings. The molecule has 0 fully saturated rings. The Hall–Kier alpha value is -1.63. The lowest BCUT2D eigenvalue weighted by atomic mass is 9.94. The number of aliphatic hydroxyl groups is 1. The smallest absolute Gasteiger partial charge is 0.191 e. The SMILES string of the molecule is CCNC(=NCc1nnc2n1CCCCC2)NCC(CCO)CC(C)C. The molecule has 0 radical (unpaired) electrons. The Bertz CT molecular complexity index is 554. The predicted molar refractivity (Wildman–Crippen MR) is 105 cm³/mol. The van der Waals surface area contributed by atoms with Gasteiger partial charge in [0.2, 0.25) is 0 Å². The van der Waals surface area contributed by atoms with Crippen LogP contribution in [0.15, 0.2) is 4.99 Å². The topological polar surface area (TPSA) is 87.4 Å². The van der Waals surface area contributed by atoms with E-state index in [0.717, 1.165) is 56.5 Å². The number of nitrogens with zero attached hydrogens (tertiary/aromatic N) is 4. The van der Waals surface area contributed by atoms with Crippen LogP contribution in [0, 0.1) is 11.8 Å². The first-order chi connectivity index (χ1) is 12.6. The fraction of sp³-hybridized carbons (Fsp3) is 0.842. The third kappa shape index (κ3) is 6.59. The molecule has 0 saturated carbocycles. The van der Waals surface area contributed by atoms with Crippen LogP contribution in [0.5, 0.6) is 0 Å². The van der Waals surface area contributed by atoms with E-state index in [1.807, 2.05) is 0 Å². The molecule has 0 aromatic carbocycles. The van der Waals surface area contributed by atoms with Crippen LogP contribution in [0.4, 0.5) is 0 Å². The molecule has 1 unspecified atom stereocenters. The minimum absolute atomic E-state index is 0.235. The Morgan fingerprint density at radius 2 is 2.08 bits per heavy atom. The normalized spacial score (nSPS) is 16.3. The van der Waals surface area contributed by atoms with E-state index in [2.05, 4.69) is 46.2 Å². The van der Waals surface area contributed by atoms with E-state index in [1.54, 1.807) is 0 Å². The third-order valence-corrected chi connectivity index (χ3v) is 4.81. The Kier molecular flexibility index (Phi) is 8.88. The fourth-order valence-electron chi connectivity index (χ4n) is 3.55. The molecular weight excluding hydrogens is 328 g/mol. The highest BCUT2D eigenvalue weighted by Gasteiger charge is 2.15. The van der Waals surface area contributed by atoms with Crippen molar-refractivity contribution in [1.29, 1.82) is 0 Å². The summed E-state index contributed by atoms with van der Waals surface area (Å²) in [7, 11) is 0. The highest BCUT2D eigenvalue weighted by atomic mass is 16.3. The van der Waals surface area contributed by atoms with Crippen molar-refractivity contribution < 1.29 is 5.11 Å². The summed E-state index contributed by atoms with van der Waals surface area (Å²) in [5.41, 5.74) is 0. The standard InChI is InChI=1S/C19H36N6O/c1-4-20-19(21-13-16(9-11-26)12-15(2)3)22-14-18-24-23-17-8-6-5-7-10-25(17)18/h15-16,26H,4-14H2,1-3H3,(H2,20,21,22). The minimum Gasteiger partial charge on any atom is -0.396 e. The molecule has 26 heavy (non-hydrogen) atoms. The van der Waals surface area contributed by atoms with Gasteiger partial charge in [0, 0.05) is 32.7 Å². The molecule has 2 heterocycles. The van der Waals surface area contributed by atoms with E-state index in [9.17, 15) is 5.11 Å². The molecule has 0 bridgehead atoms. The monoisotopic (exact) mass is 364 g/mol. The van der Waals surface area contributed by atoms with Gasteiger partial charge in [0.05, 0.1) is 0 Å². The van der Waals surface area contributed by atoms with Gasteiger partial charge in [0.1, 0.15) is 12.4 Å². The van der Waals surface area contributed by atoms with Gasteiger partial charge in [0.15, 0.2) is 11.8 Å². The summed E-state index contributed by atoms with van der Waals surface area (Å²) in [5.74, 6) is 3.94. The van der Waals surface area contributed by atoms with Crippen molar-refractivity contribution in [2.75, 3.05) is 19.7 Å². The second-order valence-electron chi connectivity index (χ2n) is 7.58. The van der Waals surface area contributed by atoms with Gasteiger partial charge in [-0.05, 0) is 44.4 Å². The number of aryl methyl sites for hydroxylation is 1. The van der Waals surface area contributed by atoms with Gasteiger partial charge in [-0.25, -0.2) is 4.99 Å². The summed E-state index contributed by atoms with van der Waals surface area (Å²) in [6.07, 6.45) is 6.60. The molecule has 0 spiro atoms. The quantitative estimate of drug-likeness (QED) is 0.461. The Morgan fingerprint density at radius 3 is 2.81 bits per heavy atom. The summed E-state index contributed by atoms with van der Waals surface area (Å²) in [4.78, 5) is 4.71. The van der Waals surface area contributed by atoms with Gasteiger partial charge in [-0.1, -0.05) is 20.3 Å². The number of aliphatic hydroxyl groups excluding tert-OH is 1. The zero-order valence-corrected chi connectivity index (χ0v) is 16.7. The van der Waals surface area contributed by atoms with E-state index >= 15 is 0 Å². The molecule has 1 atom stereocenters. The number of fused-ring (bicyclic) bond motifs is 1. The molecule has 0 saturated heterocycles. The van der Waals surface area contributed by atoms with E-state index in [4.69, 9.17) is 4.99 Å². The van der Waals surface area contributed by atoms with Crippen molar-refractivity contribution in [3.8, 4) is 0 Å². The van der Waals surface area contributed by atoms with Crippen LogP contribution in [0.3, 0.4) is 0 Å². The van der Waals surface area contributed by atoms with Crippen LogP contribution in [-0.4, -0.2) is 45.5 Å². The second-order valence-corrected chi connectivity index (χ2v) is 7.58. The van der Waals surface area contributed by atoms with E-state index in [0.29, 0.717) is 18.4 Å². The molecule has 2 rings (SSSR count). The van der Waals surface area contributed by atoms with E-state index in [1.165, 1.54) is 19.3 Å². The van der Waals surface area contributed by atoms with Crippen LogP contribution in [0.2, 0.25) is 0 Å². The largest absolute Gasteiger partial charge is 0.396 e. The van der Waals surface area contributed by atoms with Gasteiger partial charge in [0.25, 0.3) is 0 Å². The summed E-state index contributed by atoms with van der Waals surface area (Å²) >= 11 is 0. The first kappa shape index (κ1) is 20.7. The number of aromatic nitrogens is 3. The zero-order chi connectivity index (χ0) is 18.8. The lowest BCUT2D eigenvalue weighted by Crippen LogP contribution is -2.40. The lowest BCUT2D eigenvalue weighted by molar-refractivity contribution is 0.243. The predicted octanol–water partition coefficient (Wildman–Crippen LogP) is 2.10. The average molecular weight is 365 g/mol. The molecule has 0 amide bonds. The number of hydrogen-bond donors (Lipinski definition) is 3. The Balaban J connectivity index is 1.96. The number of aliphatic imine (C=N–C) groups is 1. The van der Waals surface area contributed by atoms with Crippen LogP contribution >= 0.6 is 0 Å². The van der Waals surface area contributed by atoms with Gasteiger partial charge in [-0.15, -0.1) is 10.2 Å². The van der Waals surface area contributed by atoms with Crippen LogP contribution in [0.25, 0.3) is 0 Å². The van der Waals surface area contributed by atoms with Crippen LogP contribution < -0.4 is 10.6 Å². The van der Waals surface area contributed by atoms with Gasteiger partial charge in [-0.2, -0.15) is 0 Å². The maximum atomic E-state index is 9.29. The first-order valence-corrected chi connectivity index (χ1v) is 10.2. The minimum atomic E-state index is 0.235. The van der Waals surface area contributed by atoms with Crippen molar-refractivity contribution in [2.24, 2.45) is 16.8 Å². The lowest BCUT2D eigenvalue weighted by Gasteiger charge is -2.20. The van der Waals surface area contributed by atoms with Gasteiger partial charge >= 0.3 is 0 Å². The number of nitrogens with one attached hydrogen (secondary N) is 2. The fourth-order valence-corrected chi connectivity index (χ4v) is 3.55.